The molecule has 2 N–H and O–H groups in total. The Morgan fingerprint density at radius 2 is 1.61 bits per heavy atom. The lowest BCUT2D eigenvalue weighted by molar-refractivity contribution is -0.140. The number of carbonyl (C=O) groups excluding carboxylic acids is 4. The first-order chi connectivity index (χ1) is 17.3. The van der Waals surface area contributed by atoms with E-state index in [2.05, 4.69) is 10.6 Å². The summed E-state index contributed by atoms with van der Waals surface area (Å²) in [5.41, 5.74) is 0.165. The number of hydrogen-bond donors (Lipinski definition) is 2. The molecule has 2 aliphatic heterocycles. The highest BCUT2D eigenvalue weighted by Crippen LogP contribution is 2.31. The standard InChI is InChI=1S/C28H28N4O4/c1-28(22-12-11-19-7-5-6-8-21(19)17-22)26(35)32(27(36)30-28)18-24(33)31-15-13-20(14-16-31)25(34)29-23-9-3-2-4-10-23/h2-12,17,20H,13-16,18H2,1H3,(H,29,34)(H,30,36)/t28-/m1/s1. The molecule has 3 aromatic rings. The van der Waals surface area contributed by atoms with Crippen molar-refractivity contribution in [2.75, 3.05) is 25.0 Å². The lowest BCUT2D eigenvalue weighted by Crippen LogP contribution is -2.47. The number of carbonyl (C=O) groups is 4. The fourth-order valence-electron chi connectivity index (χ4n) is 4.93. The zero-order valence-electron chi connectivity index (χ0n) is 20.1. The zero-order chi connectivity index (χ0) is 25.3. The van der Waals surface area contributed by atoms with Gasteiger partial charge in [-0.2, -0.15) is 0 Å². The van der Waals surface area contributed by atoms with Crippen molar-refractivity contribution >= 4 is 40.2 Å². The van der Waals surface area contributed by atoms with E-state index in [0.29, 0.717) is 31.5 Å². The van der Waals surface area contributed by atoms with Crippen LogP contribution < -0.4 is 10.6 Å². The van der Waals surface area contributed by atoms with Crippen LogP contribution in [0.25, 0.3) is 10.8 Å². The van der Waals surface area contributed by atoms with Crippen molar-refractivity contribution in [1.29, 1.82) is 0 Å². The van der Waals surface area contributed by atoms with E-state index < -0.39 is 17.5 Å². The monoisotopic (exact) mass is 484 g/mol. The number of fused-ring (bicyclic) bond motifs is 1. The van der Waals surface area contributed by atoms with Gasteiger partial charge in [-0.1, -0.05) is 54.6 Å². The van der Waals surface area contributed by atoms with E-state index in [1.54, 1.807) is 11.8 Å². The Hall–Kier alpha value is -4.20. The Balaban J connectivity index is 1.20. The largest absolute Gasteiger partial charge is 0.341 e. The third kappa shape index (κ3) is 4.42. The average Bonchev–Trinajstić information content (AvgIpc) is 3.12. The zero-order valence-corrected chi connectivity index (χ0v) is 20.1. The average molecular weight is 485 g/mol. The number of piperidine rings is 1. The van der Waals surface area contributed by atoms with Gasteiger partial charge in [0.1, 0.15) is 12.1 Å². The molecule has 0 aromatic heterocycles. The van der Waals surface area contributed by atoms with Crippen LogP contribution in [0.4, 0.5) is 10.5 Å². The number of nitrogens with zero attached hydrogens (tertiary/aromatic N) is 2. The van der Waals surface area contributed by atoms with E-state index in [-0.39, 0.29) is 24.3 Å². The molecule has 2 aliphatic rings. The molecular formula is C28H28N4O4. The van der Waals surface area contributed by atoms with Crippen LogP contribution in [0.2, 0.25) is 0 Å². The van der Waals surface area contributed by atoms with Crippen LogP contribution in [0.5, 0.6) is 0 Å². The molecule has 2 saturated heterocycles. The summed E-state index contributed by atoms with van der Waals surface area (Å²) in [7, 11) is 0. The maximum atomic E-state index is 13.3. The number of amides is 5. The van der Waals surface area contributed by atoms with Gasteiger partial charge in [0.15, 0.2) is 0 Å². The van der Waals surface area contributed by atoms with Crippen molar-refractivity contribution < 1.29 is 19.2 Å². The van der Waals surface area contributed by atoms with Gasteiger partial charge in [0.05, 0.1) is 0 Å². The molecule has 2 heterocycles. The van der Waals surface area contributed by atoms with Crippen molar-refractivity contribution in [3.63, 3.8) is 0 Å². The lowest BCUT2D eigenvalue weighted by atomic mass is 9.90. The second-order valence-electron chi connectivity index (χ2n) is 9.52. The molecule has 0 spiro atoms. The lowest BCUT2D eigenvalue weighted by Gasteiger charge is -2.32. The molecule has 5 amide bonds. The van der Waals surface area contributed by atoms with Crippen molar-refractivity contribution in [3.05, 3.63) is 78.4 Å². The van der Waals surface area contributed by atoms with Crippen molar-refractivity contribution in [2.45, 2.75) is 25.3 Å². The molecule has 184 valence electrons. The normalized spacial score (nSPS) is 20.5. The van der Waals surface area contributed by atoms with Gasteiger partial charge in [0.2, 0.25) is 11.8 Å². The Bertz CT molecular complexity index is 1330. The molecule has 5 rings (SSSR count). The molecule has 0 bridgehead atoms. The molecule has 0 aliphatic carbocycles. The van der Waals surface area contributed by atoms with Crippen LogP contribution in [0.3, 0.4) is 0 Å². The number of likely N-dealkylation sites (tertiary alicyclic amines) is 1. The summed E-state index contributed by atoms with van der Waals surface area (Å²) in [6.45, 7) is 2.14. The fourth-order valence-corrected chi connectivity index (χ4v) is 4.93. The molecule has 8 heteroatoms. The van der Waals surface area contributed by atoms with Gasteiger partial charge in [-0.25, -0.2) is 4.79 Å². The van der Waals surface area contributed by atoms with Gasteiger partial charge in [-0.15, -0.1) is 0 Å². The summed E-state index contributed by atoms with van der Waals surface area (Å²) in [5.74, 6) is -1.01. The van der Waals surface area contributed by atoms with Gasteiger partial charge in [-0.3, -0.25) is 19.3 Å². The molecule has 8 nitrogen and oxygen atoms in total. The highest BCUT2D eigenvalue weighted by atomic mass is 16.2. The Morgan fingerprint density at radius 1 is 0.944 bits per heavy atom. The van der Waals surface area contributed by atoms with Crippen molar-refractivity contribution in [2.24, 2.45) is 5.92 Å². The summed E-state index contributed by atoms with van der Waals surface area (Å²) in [6, 6.07) is 22.1. The fraction of sp³-hybridized carbons (Fsp3) is 0.286. The topological polar surface area (TPSA) is 98.8 Å². The molecule has 0 unspecified atom stereocenters. The van der Waals surface area contributed by atoms with E-state index >= 15 is 0 Å². The first-order valence-corrected chi connectivity index (χ1v) is 12.1. The number of urea groups is 1. The molecule has 1 atom stereocenters. The van der Waals surface area contributed by atoms with E-state index in [4.69, 9.17) is 0 Å². The minimum absolute atomic E-state index is 0.0615. The first-order valence-electron chi connectivity index (χ1n) is 12.1. The maximum Gasteiger partial charge on any atom is 0.325 e. The van der Waals surface area contributed by atoms with Crippen LogP contribution >= 0.6 is 0 Å². The highest BCUT2D eigenvalue weighted by Gasteiger charge is 2.49. The number of rotatable bonds is 5. The summed E-state index contributed by atoms with van der Waals surface area (Å²) in [5, 5.41) is 7.69. The molecule has 0 saturated carbocycles. The van der Waals surface area contributed by atoms with Gasteiger partial charge in [0.25, 0.3) is 5.91 Å². The number of anilines is 1. The third-order valence-corrected chi connectivity index (χ3v) is 7.15. The number of para-hydroxylation sites is 1. The summed E-state index contributed by atoms with van der Waals surface area (Å²) >= 11 is 0. The van der Waals surface area contributed by atoms with Gasteiger partial charge in [-0.05, 0) is 54.3 Å². The van der Waals surface area contributed by atoms with Crippen molar-refractivity contribution in [3.8, 4) is 0 Å². The Morgan fingerprint density at radius 3 is 2.33 bits per heavy atom. The van der Waals surface area contributed by atoms with Crippen LogP contribution in [0.1, 0.15) is 25.3 Å². The third-order valence-electron chi connectivity index (χ3n) is 7.15. The SMILES string of the molecule is C[C@]1(c2ccc3ccccc3c2)NC(=O)N(CC(=O)N2CCC(C(=O)Nc3ccccc3)CC2)C1=O. The quantitative estimate of drug-likeness (QED) is 0.542. The molecule has 2 fully saturated rings. The molecular weight excluding hydrogens is 456 g/mol. The number of nitrogens with one attached hydrogen (secondary N) is 2. The summed E-state index contributed by atoms with van der Waals surface area (Å²) in [4.78, 5) is 54.2. The minimum atomic E-state index is -1.25. The number of benzene rings is 3. The van der Waals surface area contributed by atoms with Gasteiger partial charge in [0, 0.05) is 24.7 Å². The number of hydrogen-bond acceptors (Lipinski definition) is 4. The van der Waals surface area contributed by atoms with Crippen LogP contribution in [-0.4, -0.2) is 53.2 Å². The second kappa shape index (κ2) is 9.45. The first kappa shape index (κ1) is 23.5. The molecule has 3 aromatic carbocycles. The van der Waals surface area contributed by atoms with Crippen LogP contribution in [0, 0.1) is 5.92 Å². The minimum Gasteiger partial charge on any atom is -0.341 e. The molecule has 36 heavy (non-hydrogen) atoms. The van der Waals surface area contributed by atoms with E-state index in [1.807, 2.05) is 72.8 Å². The van der Waals surface area contributed by atoms with E-state index in [9.17, 15) is 19.2 Å². The number of imide groups is 1. The summed E-state index contributed by atoms with van der Waals surface area (Å²) < 4.78 is 0. The smallest absolute Gasteiger partial charge is 0.325 e. The highest BCUT2D eigenvalue weighted by molar-refractivity contribution is 6.09. The van der Waals surface area contributed by atoms with Gasteiger partial charge < -0.3 is 15.5 Å². The van der Waals surface area contributed by atoms with E-state index in [1.165, 1.54) is 0 Å². The van der Waals surface area contributed by atoms with Crippen LogP contribution in [-0.2, 0) is 19.9 Å². The predicted molar refractivity (Wildman–Crippen MR) is 136 cm³/mol. The predicted octanol–water partition coefficient (Wildman–Crippen LogP) is 3.48. The molecule has 0 radical (unpaired) electrons. The maximum absolute atomic E-state index is 13.3. The Kier molecular flexibility index (Phi) is 6.18. The van der Waals surface area contributed by atoms with Crippen molar-refractivity contribution in [1.82, 2.24) is 15.1 Å². The summed E-state index contributed by atoms with van der Waals surface area (Å²) in [6.07, 6.45) is 1.05. The Labute approximate surface area is 209 Å². The second-order valence-corrected chi connectivity index (χ2v) is 9.52. The van der Waals surface area contributed by atoms with Gasteiger partial charge >= 0.3 is 6.03 Å². The van der Waals surface area contributed by atoms with Crippen LogP contribution in [0.15, 0.2) is 72.8 Å². The van der Waals surface area contributed by atoms with E-state index in [0.717, 1.165) is 21.4 Å².